The minimum absolute atomic E-state index is 0.0234. The van der Waals surface area contributed by atoms with Gasteiger partial charge in [0.05, 0.1) is 13.2 Å². The van der Waals surface area contributed by atoms with Crippen LogP contribution >= 0.6 is 0 Å². The lowest BCUT2D eigenvalue weighted by atomic mass is 10.0. The maximum Gasteiger partial charge on any atom is 0.328 e. The number of amides is 3. The molecule has 0 unspecified atom stereocenters. The summed E-state index contributed by atoms with van der Waals surface area (Å²) in [6, 6.07) is -2.18. The standard InChI is InChI=1S/C20H34N4O5/c1-12(2)10-17(25)23-9-8-14-6-7-16(20(28)29-5)24(14)19(27)15(11-23)22-18(26)13(3)21-4/h12-16,21H,6-11H2,1-5H3,(H,22,26)/t13-,14+,15-,16-/m0/s1. The molecule has 0 radical (unpaired) electrons. The molecule has 2 fully saturated rings. The third-order valence-corrected chi connectivity index (χ3v) is 5.74. The summed E-state index contributed by atoms with van der Waals surface area (Å²) >= 11 is 0. The van der Waals surface area contributed by atoms with Gasteiger partial charge in [-0.1, -0.05) is 13.8 Å². The molecule has 29 heavy (non-hydrogen) atoms. The number of carbonyl (C=O) groups is 4. The first-order valence-corrected chi connectivity index (χ1v) is 10.3. The van der Waals surface area contributed by atoms with Crippen LogP contribution < -0.4 is 10.6 Å². The Kier molecular flexibility index (Phi) is 8.01. The van der Waals surface area contributed by atoms with Crippen molar-refractivity contribution in [3.05, 3.63) is 0 Å². The predicted octanol–water partition coefficient (Wildman–Crippen LogP) is -0.110. The second kappa shape index (κ2) is 10.0. The number of carbonyl (C=O) groups excluding carboxylic acids is 4. The van der Waals surface area contributed by atoms with Crippen molar-refractivity contribution in [2.24, 2.45) is 5.92 Å². The number of nitrogens with one attached hydrogen (secondary N) is 2. The predicted molar refractivity (Wildman–Crippen MR) is 107 cm³/mol. The number of hydrogen-bond donors (Lipinski definition) is 2. The molecule has 0 saturated carbocycles. The van der Waals surface area contributed by atoms with E-state index in [9.17, 15) is 19.2 Å². The van der Waals surface area contributed by atoms with E-state index in [1.807, 2.05) is 13.8 Å². The average Bonchev–Trinajstić information content (AvgIpc) is 3.09. The lowest BCUT2D eigenvalue weighted by Gasteiger charge is -2.38. The molecule has 9 heteroatoms. The van der Waals surface area contributed by atoms with Gasteiger partial charge < -0.3 is 25.2 Å². The monoisotopic (exact) mass is 410 g/mol. The van der Waals surface area contributed by atoms with Crippen molar-refractivity contribution in [3.8, 4) is 0 Å². The molecule has 2 aliphatic heterocycles. The van der Waals surface area contributed by atoms with Crippen LogP contribution in [0.1, 0.15) is 46.5 Å². The van der Waals surface area contributed by atoms with Gasteiger partial charge in [0.25, 0.3) is 0 Å². The zero-order chi connectivity index (χ0) is 21.7. The molecule has 4 atom stereocenters. The van der Waals surface area contributed by atoms with Gasteiger partial charge in [-0.25, -0.2) is 4.79 Å². The fourth-order valence-electron chi connectivity index (χ4n) is 3.98. The minimum atomic E-state index is -0.900. The summed E-state index contributed by atoms with van der Waals surface area (Å²) in [4.78, 5) is 54.0. The van der Waals surface area contributed by atoms with E-state index in [0.29, 0.717) is 32.2 Å². The maximum absolute atomic E-state index is 13.4. The SMILES string of the molecule is CN[C@@H](C)C(=O)N[C@H]1CN(C(=O)CC(C)C)CC[C@H]2CC[C@@H](C(=O)OC)N2C1=O. The van der Waals surface area contributed by atoms with Gasteiger partial charge in [0, 0.05) is 25.6 Å². The summed E-state index contributed by atoms with van der Waals surface area (Å²) in [6.45, 7) is 6.23. The van der Waals surface area contributed by atoms with Crippen molar-refractivity contribution in [3.63, 3.8) is 0 Å². The lowest BCUT2D eigenvalue weighted by Crippen LogP contribution is -2.61. The Hall–Kier alpha value is -2.16. The van der Waals surface area contributed by atoms with Crippen LogP contribution in [0, 0.1) is 5.92 Å². The molecule has 9 nitrogen and oxygen atoms in total. The van der Waals surface area contributed by atoms with E-state index >= 15 is 0 Å². The number of rotatable bonds is 6. The van der Waals surface area contributed by atoms with Crippen LogP contribution in [0.3, 0.4) is 0 Å². The van der Waals surface area contributed by atoms with E-state index in [-0.39, 0.29) is 36.2 Å². The fourth-order valence-corrected chi connectivity index (χ4v) is 3.98. The molecule has 0 bridgehead atoms. The van der Waals surface area contributed by atoms with Gasteiger partial charge >= 0.3 is 5.97 Å². The number of esters is 1. The smallest absolute Gasteiger partial charge is 0.328 e. The third kappa shape index (κ3) is 5.46. The van der Waals surface area contributed by atoms with Crippen LogP contribution in [0.5, 0.6) is 0 Å². The molecular weight excluding hydrogens is 376 g/mol. The van der Waals surface area contributed by atoms with Gasteiger partial charge in [-0.05, 0) is 39.2 Å². The molecular formula is C20H34N4O5. The van der Waals surface area contributed by atoms with Gasteiger partial charge in [-0.3, -0.25) is 14.4 Å². The second-order valence-corrected chi connectivity index (χ2v) is 8.31. The van der Waals surface area contributed by atoms with E-state index < -0.39 is 24.1 Å². The highest BCUT2D eigenvalue weighted by Gasteiger charge is 2.45. The largest absolute Gasteiger partial charge is 0.467 e. The normalized spacial score (nSPS) is 25.9. The van der Waals surface area contributed by atoms with Crippen molar-refractivity contribution < 1.29 is 23.9 Å². The zero-order valence-electron chi connectivity index (χ0n) is 18.1. The zero-order valence-corrected chi connectivity index (χ0v) is 18.1. The highest BCUT2D eigenvalue weighted by Crippen LogP contribution is 2.30. The van der Waals surface area contributed by atoms with Crippen molar-refractivity contribution in [1.82, 2.24) is 20.4 Å². The van der Waals surface area contributed by atoms with Gasteiger partial charge in [0.15, 0.2) is 0 Å². The van der Waals surface area contributed by atoms with Crippen LogP contribution in [-0.4, -0.2) is 84.9 Å². The first-order chi connectivity index (χ1) is 13.7. The van der Waals surface area contributed by atoms with Crippen LogP contribution in [0.25, 0.3) is 0 Å². The van der Waals surface area contributed by atoms with Crippen LogP contribution in [0.2, 0.25) is 0 Å². The second-order valence-electron chi connectivity index (χ2n) is 8.31. The summed E-state index contributed by atoms with van der Waals surface area (Å²) < 4.78 is 4.88. The number of likely N-dealkylation sites (N-methyl/N-ethyl adjacent to an activating group) is 1. The molecule has 2 rings (SSSR count). The van der Waals surface area contributed by atoms with Crippen molar-refractivity contribution in [1.29, 1.82) is 0 Å². The number of fused-ring (bicyclic) bond motifs is 1. The molecule has 164 valence electrons. The molecule has 2 saturated heterocycles. The van der Waals surface area contributed by atoms with Gasteiger partial charge in [-0.2, -0.15) is 0 Å². The fraction of sp³-hybridized carbons (Fsp3) is 0.800. The van der Waals surface area contributed by atoms with E-state index in [1.54, 1.807) is 23.8 Å². The van der Waals surface area contributed by atoms with Crippen LogP contribution in [0.4, 0.5) is 0 Å². The van der Waals surface area contributed by atoms with Gasteiger partial charge in [-0.15, -0.1) is 0 Å². The number of methoxy groups -OCH3 is 1. The first kappa shape index (κ1) is 23.1. The molecule has 3 amide bonds. The Morgan fingerprint density at radius 1 is 1.17 bits per heavy atom. The summed E-state index contributed by atoms with van der Waals surface area (Å²) in [7, 11) is 2.97. The molecule has 0 spiro atoms. The third-order valence-electron chi connectivity index (χ3n) is 5.74. The molecule has 0 aliphatic carbocycles. The average molecular weight is 411 g/mol. The van der Waals surface area contributed by atoms with Crippen LogP contribution in [0.15, 0.2) is 0 Å². The topological polar surface area (TPSA) is 108 Å². The van der Waals surface area contributed by atoms with E-state index in [2.05, 4.69) is 10.6 Å². The molecule has 2 aliphatic rings. The number of ether oxygens (including phenoxy) is 1. The summed E-state index contributed by atoms with van der Waals surface area (Å²) in [6.07, 6.45) is 2.19. The van der Waals surface area contributed by atoms with Crippen molar-refractivity contribution in [2.45, 2.75) is 70.6 Å². The highest BCUT2D eigenvalue weighted by molar-refractivity contribution is 5.93. The summed E-state index contributed by atoms with van der Waals surface area (Å²) in [5.41, 5.74) is 0. The van der Waals surface area contributed by atoms with Crippen LogP contribution in [-0.2, 0) is 23.9 Å². The molecule has 0 aromatic heterocycles. The Labute approximate surface area is 172 Å². The Morgan fingerprint density at radius 2 is 1.86 bits per heavy atom. The number of nitrogens with zero attached hydrogens (tertiary/aromatic N) is 2. The summed E-state index contributed by atoms with van der Waals surface area (Å²) in [5, 5.41) is 5.62. The van der Waals surface area contributed by atoms with E-state index in [0.717, 1.165) is 0 Å². The lowest BCUT2D eigenvalue weighted by molar-refractivity contribution is -0.155. The first-order valence-electron chi connectivity index (χ1n) is 10.3. The molecule has 2 heterocycles. The quantitative estimate of drug-likeness (QED) is 0.592. The maximum atomic E-state index is 13.4. The Morgan fingerprint density at radius 3 is 2.45 bits per heavy atom. The molecule has 0 aromatic rings. The molecule has 0 aromatic carbocycles. The van der Waals surface area contributed by atoms with Crippen molar-refractivity contribution >= 4 is 23.7 Å². The summed E-state index contributed by atoms with van der Waals surface area (Å²) in [5.74, 6) is -0.921. The molecule has 2 N–H and O–H groups in total. The van der Waals surface area contributed by atoms with Gasteiger partial charge in [0.2, 0.25) is 17.7 Å². The van der Waals surface area contributed by atoms with Gasteiger partial charge in [0.1, 0.15) is 12.1 Å². The van der Waals surface area contributed by atoms with E-state index in [4.69, 9.17) is 4.74 Å². The highest BCUT2D eigenvalue weighted by atomic mass is 16.5. The number of hydrogen-bond acceptors (Lipinski definition) is 6. The minimum Gasteiger partial charge on any atom is -0.467 e. The van der Waals surface area contributed by atoms with Crippen molar-refractivity contribution in [2.75, 3.05) is 27.2 Å². The van der Waals surface area contributed by atoms with E-state index in [1.165, 1.54) is 7.11 Å². The Balaban J connectivity index is 2.29. The Bertz CT molecular complexity index is 638.